The van der Waals surface area contributed by atoms with Gasteiger partial charge in [-0.05, 0) is 43.4 Å². The second kappa shape index (κ2) is 8.01. The van der Waals surface area contributed by atoms with Crippen molar-refractivity contribution < 1.29 is 14.3 Å². The van der Waals surface area contributed by atoms with Gasteiger partial charge in [-0.15, -0.1) is 0 Å². The number of rotatable bonds is 6. The van der Waals surface area contributed by atoms with Crippen molar-refractivity contribution in [1.82, 2.24) is 5.32 Å². The fourth-order valence-corrected chi connectivity index (χ4v) is 2.37. The Labute approximate surface area is 116 Å². The summed E-state index contributed by atoms with van der Waals surface area (Å²) in [5.41, 5.74) is 1.16. The average Bonchev–Trinajstić information content (AvgIpc) is 2.27. The summed E-state index contributed by atoms with van der Waals surface area (Å²) in [7, 11) is 0. The van der Waals surface area contributed by atoms with Crippen LogP contribution in [-0.4, -0.2) is 35.8 Å². The van der Waals surface area contributed by atoms with Gasteiger partial charge in [-0.3, -0.25) is 0 Å². The molecule has 3 N–H and O–H groups in total. The maximum absolute atomic E-state index is 13.2. The first kappa shape index (κ1) is 15.8. The molecule has 4 nitrogen and oxygen atoms in total. The molecule has 1 atom stereocenters. The van der Waals surface area contributed by atoms with Crippen molar-refractivity contribution in [2.45, 2.75) is 19.4 Å². The van der Waals surface area contributed by atoms with Crippen LogP contribution >= 0.6 is 11.8 Å². The highest BCUT2D eigenvalue weighted by Crippen LogP contribution is 2.13. The Hall–Kier alpha value is -1.27. The summed E-state index contributed by atoms with van der Waals surface area (Å²) < 4.78 is 13.2. The van der Waals surface area contributed by atoms with Gasteiger partial charge in [0, 0.05) is 24.1 Å². The SMILES string of the molecule is CSCC(CCO)NC(=O)Nc1cc(C)cc(F)c1. The highest BCUT2D eigenvalue weighted by molar-refractivity contribution is 7.98. The van der Waals surface area contributed by atoms with Crippen molar-refractivity contribution in [3.8, 4) is 0 Å². The molecule has 1 aromatic carbocycles. The third kappa shape index (κ3) is 5.94. The number of hydrogen-bond donors (Lipinski definition) is 3. The van der Waals surface area contributed by atoms with Crippen LogP contribution in [0.2, 0.25) is 0 Å². The molecular weight excluding hydrogens is 267 g/mol. The maximum atomic E-state index is 13.2. The lowest BCUT2D eigenvalue weighted by atomic mass is 10.2. The van der Waals surface area contributed by atoms with Crippen molar-refractivity contribution in [2.75, 3.05) is 23.9 Å². The molecule has 0 aliphatic carbocycles. The molecule has 0 saturated carbocycles. The van der Waals surface area contributed by atoms with E-state index in [9.17, 15) is 9.18 Å². The number of hydrogen-bond acceptors (Lipinski definition) is 3. The molecule has 0 bridgehead atoms. The number of nitrogens with one attached hydrogen (secondary N) is 2. The quantitative estimate of drug-likeness (QED) is 0.752. The molecule has 0 aliphatic heterocycles. The summed E-state index contributed by atoms with van der Waals surface area (Å²) in [6, 6.07) is 3.86. The zero-order chi connectivity index (χ0) is 14.3. The largest absolute Gasteiger partial charge is 0.396 e. The molecule has 0 saturated heterocycles. The number of amides is 2. The number of carbonyl (C=O) groups is 1. The lowest BCUT2D eigenvalue weighted by Crippen LogP contribution is -2.40. The Bertz CT molecular complexity index is 403. The van der Waals surface area contributed by atoms with Gasteiger partial charge in [-0.25, -0.2) is 9.18 Å². The molecule has 6 heteroatoms. The Morgan fingerprint density at radius 1 is 1.47 bits per heavy atom. The van der Waals surface area contributed by atoms with E-state index in [0.717, 1.165) is 11.3 Å². The molecule has 19 heavy (non-hydrogen) atoms. The first-order valence-electron chi connectivity index (χ1n) is 5.99. The minimum absolute atomic E-state index is 0.0184. The van der Waals surface area contributed by atoms with Crippen molar-refractivity contribution in [3.63, 3.8) is 0 Å². The van der Waals surface area contributed by atoms with Gasteiger partial charge in [-0.1, -0.05) is 0 Å². The van der Waals surface area contributed by atoms with Crippen molar-refractivity contribution in [2.24, 2.45) is 0 Å². The molecule has 0 fully saturated rings. The van der Waals surface area contributed by atoms with Gasteiger partial charge in [-0.2, -0.15) is 11.8 Å². The molecule has 0 radical (unpaired) electrons. The average molecular weight is 286 g/mol. The minimum atomic E-state index is -0.391. The maximum Gasteiger partial charge on any atom is 0.319 e. The second-order valence-corrected chi connectivity index (χ2v) is 5.19. The van der Waals surface area contributed by atoms with E-state index >= 15 is 0 Å². The first-order chi connectivity index (χ1) is 9.05. The van der Waals surface area contributed by atoms with Crippen molar-refractivity contribution >= 4 is 23.5 Å². The molecule has 0 heterocycles. The lowest BCUT2D eigenvalue weighted by Gasteiger charge is -2.17. The van der Waals surface area contributed by atoms with Gasteiger partial charge in [0.05, 0.1) is 0 Å². The topological polar surface area (TPSA) is 61.4 Å². The normalized spacial score (nSPS) is 12.0. The highest BCUT2D eigenvalue weighted by atomic mass is 32.2. The second-order valence-electron chi connectivity index (χ2n) is 4.28. The van der Waals surface area contributed by atoms with E-state index < -0.39 is 6.03 Å². The van der Waals surface area contributed by atoms with Crippen LogP contribution in [-0.2, 0) is 0 Å². The molecule has 0 spiro atoms. The number of carbonyl (C=O) groups excluding carboxylic acids is 1. The van der Waals surface area contributed by atoms with Crippen LogP contribution in [0.15, 0.2) is 18.2 Å². The monoisotopic (exact) mass is 286 g/mol. The van der Waals surface area contributed by atoms with Crippen LogP contribution in [0.4, 0.5) is 14.9 Å². The third-order valence-electron chi connectivity index (χ3n) is 2.48. The number of halogens is 1. The predicted molar refractivity (Wildman–Crippen MR) is 77.2 cm³/mol. The van der Waals surface area contributed by atoms with Gasteiger partial charge in [0.25, 0.3) is 0 Å². The number of anilines is 1. The zero-order valence-electron chi connectivity index (χ0n) is 11.1. The number of urea groups is 1. The van der Waals surface area contributed by atoms with E-state index in [4.69, 9.17) is 5.11 Å². The number of aryl methyl sites for hydroxylation is 1. The third-order valence-corrected chi connectivity index (χ3v) is 3.22. The van der Waals surface area contributed by atoms with E-state index in [1.54, 1.807) is 24.8 Å². The summed E-state index contributed by atoms with van der Waals surface area (Å²) in [4.78, 5) is 11.8. The number of aliphatic hydroxyl groups excluding tert-OH is 1. The molecule has 106 valence electrons. The predicted octanol–water partition coefficient (Wildman–Crippen LogP) is 2.37. The first-order valence-corrected chi connectivity index (χ1v) is 7.39. The molecule has 1 unspecified atom stereocenters. The standard InChI is InChI=1S/C13H19FN2O2S/c1-9-5-10(14)7-12(6-9)16-13(18)15-11(3-4-17)8-19-2/h5-7,11,17H,3-4,8H2,1-2H3,(H2,15,16,18). The Morgan fingerprint density at radius 3 is 2.79 bits per heavy atom. The number of thioether (sulfide) groups is 1. The van der Waals surface area contributed by atoms with Gasteiger partial charge >= 0.3 is 6.03 Å². The minimum Gasteiger partial charge on any atom is -0.396 e. The van der Waals surface area contributed by atoms with Crippen LogP contribution in [0.3, 0.4) is 0 Å². The summed E-state index contributed by atoms with van der Waals surface area (Å²) in [6.45, 7) is 1.78. The van der Waals surface area contributed by atoms with Crippen LogP contribution in [0.1, 0.15) is 12.0 Å². The van der Waals surface area contributed by atoms with Gasteiger partial charge in [0.1, 0.15) is 5.82 Å². The van der Waals surface area contributed by atoms with Crippen LogP contribution in [0.5, 0.6) is 0 Å². The van der Waals surface area contributed by atoms with Crippen LogP contribution in [0.25, 0.3) is 0 Å². The molecule has 2 amide bonds. The van der Waals surface area contributed by atoms with E-state index in [2.05, 4.69) is 10.6 Å². The van der Waals surface area contributed by atoms with E-state index in [1.165, 1.54) is 12.1 Å². The summed E-state index contributed by atoms with van der Waals surface area (Å²) in [5, 5.41) is 14.3. The summed E-state index contributed by atoms with van der Waals surface area (Å²) >= 11 is 1.59. The van der Waals surface area contributed by atoms with Gasteiger partial charge < -0.3 is 15.7 Å². The van der Waals surface area contributed by atoms with Gasteiger partial charge in [0.2, 0.25) is 0 Å². The van der Waals surface area contributed by atoms with Crippen LogP contribution in [0, 0.1) is 12.7 Å². The lowest BCUT2D eigenvalue weighted by molar-refractivity contribution is 0.241. The molecule has 0 aromatic heterocycles. The molecule has 1 rings (SSSR count). The Balaban J connectivity index is 2.58. The van der Waals surface area contributed by atoms with E-state index in [-0.39, 0.29) is 18.5 Å². The van der Waals surface area contributed by atoms with E-state index in [1.807, 2.05) is 6.26 Å². The van der Waals surface area contributed by atoms with Crippen molar-refractivity contribution in [1.29, 1.82) is 0 Å². The fraction of sp³-hybridized carbons (Fsp3) is 0.462. The zero-order valence-corrected chi connectivity index (χ0v) is 11.9. The van der Waals surface area contributed by atoms with Crippen molar-refractivity contribution in [3.05, 3.63) is 29.6 Å². The highest BCUT2D eigenvalue weighted by Gasteiger charge is 2.11. The number of aliphatic hydroxyl groups is 1. The summed E-state index contributed by atoms with van der Waals surface area (Å²) in [5.74, 6) is 0.335. The Morgan fingerprint density at radius 2 is 2.21 bits per heavy atom. The number of benzene rings is 1. The van der Waals surface area contributed by atoms with Crippen LogP contribution < -0.4 is 10.6 Å². The Kier molecular flexibility index (Phi) is 6.66. The molecule has 1 aromatic rings. The summed E-state index contributed by atoms with van der Waals surface area (Å²) in [6.07, 6.45) is 2.43. The smallest absolute Gasteiger partial charge is 0.319 e. The van der Waals surface area contributed by atoms with E-state index in [0.29, 0.717) is 12.1 Å². The van der Waals surface area contributed by atoms with Gasteiger partial charge in [0.15, 0.2) is 0 Å². The fourth-order valence-electron chi connectivity index (χ4n) is 1.72. The molecular formula is C13H19FN2O2S. The molecule has 0 aliphatic rings.